The van der Waals surface area contributed by atoms with Gasteiger partial charge in [-0.05, 0) is 34.1 Å². The van der Waals surface area contributed by atoms with Crippen LogP contribution in [0.2, 0.25) is 0 Å². The number of nitrogens with one attached hydrogen (secondary N) is 1. The number of carboxylic acids is 1. The van der Waals surface area contributed by atoms with Gasteiger partial charge in [0.15, 0.2) is 0 Å². The average Bonchev–Trinajstić information content (AvgIpc) is 2.22. The molecule has 0 radical (unpaired) electrons. The highest BCUT2D eigenvalue weighted by atomic mass is 79.9. The van der Waals surface area contributed by atoms with E-state index in [9.17, 15) is 14.0 Å². The van der Waals surface area contributed by atoms with E-state index in [0.717, 1.165) is 11.0 Å². The van der Waals surface area contributed by atoms with Crippen LogP contribution >= 0.6 is 15.9 Å². The van der Waals surface area contributed by atoms with Crippen LogP contribution in [-0.2, 0) is 4.79 Å². The Morgan fingerprint density at radius 1 is 1.53 bits per heavy atom. The number of carbonyl (C=O) groups is 2. The van der Waals surface area contributed by atoms with E-state index in [0.29, 0.717) is 0 Å². The lowest BCUT2D eigenvalue weighted by molar-refractivity contribution is -0.137. The molecule has 0 aliphatic carbocycles. The second-order valence-electron chi connectivity index (χ2n) is 3.31. The first-order valence-electron chi connectivity index (χ1n) is 4.59. The Labute approximate surface area is 105 Å². The summed E-state index contributed by atoms with van der Waals surface area (Å²) in [4.78, 5) is 22.8. The van der Waals surface area contributed by atoms with Crippen LogP contribution in [0.3, 0.4) is 0 Å². The largest absolute Gasteiger partial charge is 0.480 e. The lowest BCUT2D eigenvalue weighted by Crippen LogP contribution is -2.35. The van der Waals surface area contributed by atoms with Crippen LogP contribution in [-0.4, -0.2) is 35.6 Å². The number of aliphatic carboxylic acids is 1. The minimum absolute atomic E-state index is 0.257. The minimum Gasteiger partial charge on any atom is -0.480 e. The molecule has 5 nitrogen and oxygen atoms in total. The fraction of sp³-hybridized carbons (Fsp3) is 0.200. The van der Waals surface area contributed by atoms with Crippen LogP contribution in [0.5, 0.6) is 0 Å². The van der Waals surface area contributed by atoms with E-state index in [1.807, 2.05) is 0 Å². The molecule has 1 aromatic rings. The molecule has 0 fully saturated rings. The van der Waals surface area contributed by atoms with Crippen LogP contribution in [0, 0.1) is 5.82 Å². The summed E-state index contributed by atoms with van der Waals surface area (Å²) in [7, 11) is 1.33. The summed E-state index contributed by atoms with van der Waals surface area (Å²) >= 11 is 2.98. The SMILES string of the molecule is CN(CC(=O)O)C(=O)Nc1ccc(Br)c(F)c1. The smallest absolute Gasteiger partial charge is 0.323 e. The van der Waals surface area contributed by atoms with Gasteiger partial charge < -0.3 is 15.3 Å². The third-order valence-electron chi connectivity index (χ3n) is 1.89. The summed E-state index contributed by atoms with van der Waals surface area (Å²) in [6, 6.07) is 3.47. The molecule has 2 amide bonds. The zero-order valence-electron chi connectivity index (χ0n) is 8.91. The Hall–Kier alpha value is -1.63. The summed E-state index contributed by atoms with van der Waals surface area (Å²) in [6.07, 6.45) is 0. The Balaban J connectivity index is 2.67. The summed E-state index contributed by atoms with van der Waals surface area (Å²) in [6.45, 7) is -0.426. The van der Waals surface area contributed by atoms with E-state index in [4.69, 9.17) is 5.11 Å². The number of benzene rings is 1. The summed E-state index contributed by atoms with van der Waals surface area (Å²) in [5, 5.41) is 10.9. The number of anilines is 1. The van der Waals surface area contributed by atoms with E-state index >= 15 is 0 Å². The van der Waals surface area contributed by atoms with Gasteiger partial charge in [-0.1, -0.05) is 0 Å². The summed E-state index contributed by atoms with van der Waals surface area (Å²) in [5.74, 6) is -1.63. The van der Waals surface area contributed by atoms with Gasteiger partial charge in [0.2, 0.25) is 0 Å². The zero-order valence-corrected chi connectivity index (χ0v) is 10.5. The maximum absolute atomic E-state index is 13.1. The van der Waals surface area contributed by atoms with E-state index < -0.39 is 24.4 Å². The number of rotatable bonds is 3. The highest BCUT2D eigenvalue weighted by molar-refractivity contribution is 9.10. The predicted octanol–water partition coefficient (Wildman–Crippen LogP) is 2.14. The number of nitrogens with zero attached hydrogens (tertiary/aromatic N) is 1. The molecule has 17 heavy (non-hydrogen) atoms. The van der Waals surface area contributed by atoms with Crippen molar-refractivity contribution in [2.45, 2.75) is 0 Å². The molecule has 92 valence electrons. The van der Waals surface area contributed by atoms with Crippen molar-refractivity contribution in [3.05, 3.63) is 28.5 Å². The van der Waals surface area contributed by atoms with Crippen LogP contribution in [0.25, 0.3) is 0 Å². The number of hydrogen-bond acceptors (Lipinski definition) is 2. The van der Waals surface area contributed by atoms with Crippen molar-refractivity contribution in [1.82, 2.24) is 4.90 Å². The van der Waals surface area contributed by atoms with Gasteiger partial charge in [-0.3, -0.25) is 4.79 Å². The number of urea groups is 1. The highest BCUT2D eigenvalue weighted by Gasteiger charge is 2.12. The molecule has 0 aliphatic heterocycles. The molecule has 0 bridgehead atoms. The van der Waals surface area contributed by atoms with E-state index in [-0.39, 0.29) is 10.2 Å². The van der Waals surface area contributed by atoms with Crippen molar-refractivity contribution in [2.24, 2.45) is 0 Å². The molecule has 0 atom stereocenters. The monoisotopic (exact) mass is 304 g/mol. The lowest BCUT2D eigenvalue weighted by Gasteiger charge is -2.15. The lowest BCUT2D eigenvalue weighted by atomic mass is 10.3. The minimum atomic E-state index is -1.12. The molecule has 0 aliphatic rings. The third kappa shape index (κ3) is 4.03. The Morgan fingerprint density at radius 2 is 2.18 bits per heavy atom. The first-order valence-corrected chi connectivity index (χ1v) is 5.38. The molecule has 7 heteroatoms. The van der Waals surface area contributed by atoms with Gasteiger partial charge in [0.05, 0.1) is 4.47 Å². The van der Waals surface area contributed by atoms with Crippen molar-refractivity contribution in [2.75, 3.05) is 18.9 Å². The van der Waals surface area contributed by atoms with E-state index in [2.05, 4.69) is 21.2 Å². The van der Waals surface area contributed by atoms with Gasteiger partial charge in [0, 0.05) is 12.7 Å². The van der Waals surface area contributed by atoms with Gasteiger partial charge in [0.25, 0.3) is 0 Å². The van der Waals surface area contributed by atoms with Crippen molar-refractivity contribution in [1.29, 1.82) is 0 Å². The quantitative estimate of drug-likeness (QED) is 0.899. The molecule has 1 aromatic carbocycles. The normalized spacial score (nSPS) is 9.82. The molecular formula is C10H10BrFN2O3. The molecule has 2 N–H and O–H groups in total. The molecule has 0 saturated heterocycles. The van der Waals surface area contributed by atoms with Gasteiger partial charge in [-0.15, -0.1) is 0 Å². The first kappa shape index (κ1) is 13.4. The van der Waals surface area contributed by atoms with Gasteiger partial charge in [-0.2, -0.15) is 0 Å². The first-order chi connectivity index (χ1) is 7.90. The molecule has 0 saturated carbocycles. The van der Waals surface area contributed by atoms with Crippen molar-refractivity contribution < 1.29 is 19.1 Å². The van der Waals surface area contributed by atoms with Crippen LogP contribution in [0.4, 0.5) is 14.9 Å². The highest BCUT2D eigenvalue weighted by Crippen LogP contribution is 2.19. The number of carbonyl (C=O) groups excluding carboxylic acids is 1. The Morgan fingerprint density at radius 3 is 2.71 bits per heavy atom. The number of hydrogen-bond donors (Lipinski definition) is 2. The molecule has 0 unspecified atom stereocenters. The molecular weight excluding hydrogens is 295 g/mol. The molecule has 0 aromatic heterocycles. The fourth-order valence-corrected chi connectivity index (χ4v) is 1.31. The predicted molar refractivity (Wildman–Crippen MR) is 63.4 cm³/mol. The maximum atomic E-state index is 13.1. The number of likely N-dealkylation sites (N-methyl/N-ethyl adjacent to an activating group) is 1. The zero-order chi connectivity index (χ0) is 13.0. The van der Waals surface area contributed by atoms with Crippen LogP contribution < -0.4 is 5.32 Å². The summed E-state index contributed by atoms with van der Waals surface area (Å²) < 4.78 is 13.4. The second-order valence-corrected chi connectivity index (χ2v) is 4.16. The molecule has 1 rings (SSSR count). The van der Waals surface area contributed by atoms with Gasteiger partial charge >= 0.3 is 12.0 Å². The molecule has 0 spiro atoms. The number of carboxylic acid groups (broad SMARTS) is 1. The standard InChI is InChI=1S/C10H10BrFN2O3/c1-14(5-9(15)16)10(17)13-6-2-3-7(11)8(12)4-6/h2-4H,5H2,1H3,(H,13,17)(H,15,16). The average molecular weight is 305 g/mol. The second kappa shape index (κ2) is 5.62. The van der Waals surface area contributed by atoms with E-state index in [1.54, 1.807) is 0 Å². The summed E-state index contributed by atoms with van der Waals surface area (Å²) in [5.41, 5.74) is 0.257. The van der Waals surface area contributed by atoms with Crippen molar-refractivity contribution in [3.8, 4) is 0 Å². The van der Waals surface area contributed by atoms with Crippen LogP contribution in [0.15, 0.2) is 22.7 Å². The van der Waals surface area contributed by atoms with Crippen molar-refractivity contribution in [3.63, 3.8) is 0 Å². The maximum Gasteiger partial charge on any atom is 0.323 e. The van der Waals surface area contributed by atoms with Gasteiger partial charge in [0.1, 0.15) is 12.4 Å². The number of amides is 2. The molecule has 0 heterocycles. The van der Waals surface area contributed by atoms with Crippen molar-refractivity contribution >= 4 is 33.6 Å². The third-order valence-corrected chi connectivity index (χ3v) is 2.53. The van der Waals surface area contributed by atoms with Gasteiger partial charge in [-0.25, -0.2) is 9.18 Å². The Bertz CT molecular complexity index is 453. The van der Waals surface area contributed by atoms with Crippen LogP contribution in [0.1, 0.15) is 0 Å². The number of halogens is 2. The topological polar surface area (TPSA) is 69.6 Å². The Kier molecular flexibility index (Phi) is 4.45. The fourth-order valence-electron chi connectivity index (χ4n) is 1.07. The van der Waals surface area contributed by atoms with E-state index in [1.165, 1.54) is 19.2 Å².